The van der Waals surface area contributed by atoms with Gasteiger partial charge in [0.2, 0.25) is 0 Å². The monoisotopic (exact) mass is 319 g/mol. The molecule has 0 radical (unpaired) electrons. The van der Waals surface area contributed by atoms with Crippen molar-refractivity contribution >= 4 is 9.84 Å². The van der Waals surface area contributed by atoms with Crippen LogP contribution in [0, 0.1) is 17.7 Å². The lowest BCUT2D eigenvalue weighted by Gasteiger charge is -2.09. The van der Waals surface area contributed by atoms with Crippen molar-refractivity contribution in [1.82, 2.24) is 5.48 Å². The zero-order valence-corrected chi connectivity index (χ0v) is 12.3. The first-order chi connectivity index (χ1) is 10.5. The predicted octanol–water partition coefficient (Wildman–Crippen LogP) is 2.00. The Kier molecular flexibility index (Phi) is 5.28. The van der Waals surface area contributed by atoms with Crippen LogP contribution in [0.25, 0.3) is 0 Å². The Morgan fingerprint density at radius 2 is 1.73 bits per heavy atom. The van der Waals surface area contributed by atoms with Crippen LogP contribution in [0.4, 0.5) is 4.39 Å². The van der Waals surface area contributed by atoms with Crippen molar-refractivity contribution in [2.24, 2.45) is 0 Å². The molecule has 2 N–H and O–H groups in total. The van der Waals surface area contributed by atoms with Gasteiger partial charge in [-0.1, -0.05) is 30.0 Å². The van der Waals surface area contributed by atoms with E-state index in [1.807, 2.05) is 11.5 Å². The van der Waals surface area contributed by atoms with Gasteiger partial charge in [0.15, 0.2) is 9.84 Å². The Hall–Kier alpha value is -2.20. The van der Waals surface area contributed by atoms with Crippen LogP contribution >= 0.6 is 0 Å². The third-order valence-electron chi connectivity index (χ3n) is 2.88. The van der Waals surface area contributed by atoms with Crippen molar-refractivity contribution in [2.45, 2.75) is 10.9 Å². The van der Waals surface area contributed by atoms with Crippen molar-refractivity contribution in [1.29, 1.82) is 0 Å². The average molecular weight is 319 g/mol. The zero-order valence-electron chi connectivity index (χ0n) is 11.5. The predicted molar refractivity (Wildman–Crippen MR) is 80.5 cm³/mol. The summed E-state index contributed by atoms with van der Waals surface area (Å²) >= 11 is 0. The van der Waals surface area contributed by atoms with Crippen LogP contribution in [0.2, 0.25) is 0 Å². The van der Waals surface area contributed by atoms with E-state index in [0.717, 1.165) is 12.1 Å². The van der Waals surface area contributed by atoms with Gasteiger partial charge in [0.1, 0.15) is 11.9 Å². The molecule has 22 heavy (non-hydrogen) atoms. The molecular formula is C16H14FNO3S. The molecule has 0 aliphatic heterocycles. The number of rotatable bonds is 4. The summed E-state index contributed by atoms with van der Waals surface area (Å²) in [5.41, 5.74) is 2.59. The van der Waals surface area contributed by atoms with Gasteiger partial charge in [-0.15, -0.1) is 0 Å². The summed E-state index contributed by atoms with van der Waals surface area (Å²) in [5, 5.41) is 9.08. The van der Waals surface area contributed by atoms with Gasteiger partial charge in [-0.25, -0.2) is 12.8 Å². The molecule has 0 aliphatic carbocycles. The molecule has 0 aromatic heterocycles. The highest BCUT2D eigenvalue weighted by molar-refractivity contribution is 7.91. The molecule has 4 nitrogen and oxygen atoms in total. The number of sulfone groups is 1. The van der Waals surface area contributed by atoms with E-state index in [2.05, 4.69) is 11.8 Å². The molecule has 6 heteroatoms. The highest BCUT2D eigenvalue weighted by Crippen LogP contribution is 2.12. The van der Waals surface area contributed by atoms with E-state index >= 15 is 0 Å². The molecule has 0 bridgehead atoms. The van der Waals surface area contributed by atoms with Crippen LogP contribution in [0.15, 0.2) is 59.5 Å². The number of halogens is 1. The Labute approximate surface area is 128 Å². The lowest BCUT2D eigenvalue weighted by molar-refractivity contribution is 0.153. The van der Waals surface area contributed by atoms with Gasteiger partial charge in [0.25, 0.3) is 0 Å². The molecule has 2 aromatic rings. The molecule has 0 saturated carbocycles. The first kappa shape index (κ1) is 16.2. The molecule has 0 saturated heterocycles. The fourth-order valence-electron chi connectivity index (χ4n) is 1.76. The van der Waals surface area contributed by atoms with Crippen LogP contribution < -0.4 is 5.48 Å². The fourth-order valence-corrected chi connectivity index (χ4v) is 3.10. The van der Waals surface area contributed by atoms with Gasteiger partial charge in [0, 0.05) is 5.56 Å². The van der Waals surface area contributed by atoms with E-state index in [4.69, 9.17) is 5.21 Å². The highest BCUT2D eigenvalue weighted by atomic mass is 32.2. The quantitative estimate of drug-likeness (QED) is 0.514. The van der Waals surface area contributed by atoms with Gasteiger partial charge in [0.05, 0.1) is 10.6 Å². The number of hydrogen-bond donors (Lipinski definition) is 2. The van der Waals surface area contributed by atoms with Gasteiger partial charge < -0.3 is 5.21 Å². The fraction of sp³-hybridized carbons (Fsp3) is 0.125. The minimum Gasteiger partial charge on any atom is -0.316 e. The number of hydroxylamine groups is 1. The van der Waals surface area contributed by atoms with Crippen LogP contribution in [-0.2, 0) is 9.84 Å². The molecule has 2 aromatic carbocycles. The summed E-state index contributed by atoms with van der Waals surface area (Å²) in [6.07, 6.45) is 0. The summed E-state index contributed by atoms with van der Waals surface area (Å²) < 4.78 is 37.2. The Morgan fingerprint density at radius 1 is 1.09 bits per heavy atom. The number of hydrogen-bond acceptors (Lipinski definition) is 4. The van der Waals surface area contributed by atoms with E-state index in [1.165, 1.54) is 12.1 Å². The Morgan fingerprint density at radius 3 is 2.32 bits per heavy atom. The molecule has 2 rings (SSSR count). The molecule has 0 spiro atoms. The van der Waals surface area contributed by atoms with Gasteiger partial charge in [-0.05, 0) is 36.4 Å². The summed E-state index contributed by atoms with van der Waals surface area (Å²) in [7, 11) is -3.68. The number of benzene rings is 2. The van der Waals surface area contributed by atoms with Gasteiger partial charge in [-0.3, -0.25) is 0 Å². The van der Waals surface area contributed by atoms with E-state index in [0.29, 0.717) is 5.56 Å². The molecule has 114 valence electrons. The largest absolute Gasteiger partial charge is 0.316 e. The molecule has 0 aliphatic rings. The Balaban J connectivity index is 2.16. The second-order valence-corrected chi connectivity index (χ2v) is 6.59. The van der Waals surface area contributed by atoms with E-state index in [1.54, 1.807) is 24.3 Å². The molecule has 1 atom stereocenters. The second kappa shape index (κ2) is 7.18. The van der Waals surface area contributed by atoms with Gasteiger partial charge >= 0.3 is 0 Å². The molecular weight excluding hydrogens is 305 g/mol. The first-order valence-electron chi connectivity index (χ1n) is 6.46. The maximum absolute atomic E-state index is 12.8. The Bertz CT molecular complexity index is 778. The third kappa shape index (κ3) is 4.40. The van der Waals surface area contributed by atoms with E-state index in [-0.39, 0.29) is 4.90 Å². The van der Waals surface area contributed by atoms with E-state index < -0.39 is 27.4 Å². The first-order valence-corrected chi connectivity index (χ1v) is 8.11. The zero-order chi connectivity index (χ0) is 16.0. The minimum absolute atomic E-state index is 0.0179. The standard InChI is InChI=1S/C16H14FNO3S/c17-14-7-10-16(11-8-14)22(20,21)12-15(18-19)9-6-13-4-2-1-3-5-13/h1-5,7-8,10-11,15,18-19H,12H2. The smallest absolute Gasteiger partial charge is 0.180 e. The lowest BCUT2D eigenvalue weighted by Crippen LogP contribution is -2.32. The normalized spacial score (nSPS) is 12.3. The molecule has 1 unspecified atom stereocenters. The van der Waals surface area contributed by atoms with Crippen LogP contribution in [-0.4, -0.2) is 25.4 Å². The van der Waals surface area contributed by atoms with Gasteiger partial charge in [-0.2, -0.15) is 5.48 Å². The van der Waals surface area contributed by atoms with Crippen LogP contribution in [0.3, 0.4) is 0 Å². The summed E-state index contributed by atoms with van der Waals surface area (Å²) in [6, 6.07) is 12.6. The van der Waals surface area contributed by atoms with Crippen LogP contribution in [0.1, 0.15) is 5.56 Å². The SMILES string of the molecule is O=S(=O)(CC(C#Cc1ccccc1)NO)c1ccc(F)cc1. The van der Waals surface area contributed by atoms with E-state index in [9.17, 15) is 12.8 Å². The minimum atomic E-state index is -3.68. The van der Waals surface area contributed by atoms with Crippen molar-refractivity contribution in [2.75, 3.05) is 5.75 Å². The molecule has 0 heterocycles. The summed E-state index contributed by atoms with van der Waals surface area (Å²) in [4.78, 5) is -0.0179. The highest BCUT2D eigenvalue weighted by Gasteiger charge is 2.19. The lowest BCUT2D eigenvalue weighted by atomic mass is 10.2. The van der Waals surface area contributed by atoms with Crippen molar-refractivity contribution in [3.05, 3.63) is 66.0 Å². The second-order valence-electron chi connectivity index (χ2n) is 4.55. The molecule has 0 amide bonds. The van der Waals surface area contributed by atoms with Crippen LogP contribution in [0.5, 0.6) is 0 Å². The third-order valence-corrected chi connectivity index (χ3v) is 4.64. The topological polar surface area (TPSA) is 66.4 Å². The van der Waals surface area contributed by atoms with Crippen molar-refractivity contribution in [3.63, 3.8) is 0 Å². The molecule has 0 fully saturated rings. The maximum Gasteiger partial charge on any atom is 0.180 e. The maximum atomic E-state index is 12.8. The number of nitrogens with one attached hydrogen (secondary N) is 1. The summed E-state index contributed by atoms with van der Waals surface area (Å²) in [5.74, 6) is 4.50. The summed E-state index contributed by atoms with van der Waals surface area (Å²) in [6.45, 7) is 0. The average Bonchev–Trinajstić information content (AvgIpc) is 2.52. The van der Waals surface area contributed by atoms with Crippen molar-refractivity contribution < 1.29 is 18.0 Å². The van der Waals surface area contributed by atoms with Crippen molar-refractivity contribution in [3.8, 4) is 11.8 Å².